The molecule has 26 heavy (non-hydrogen) atoms. The van der Waals surface area contributed by atoms with Gasteiger partial charge in [0.25, 0.3) is 0 Å². The van der Waals surface area contributed by atoms with Crippen LogP contribution in [0.2, 0.25) is 0 Å². The minimum absolute atomic E-state index is 0.00748. The quantitative estimate of drug-likeness (QED) is 0.613. The van der Waals surface area contributed by atoms with E-state index in [4.69, 9.17) is 0 Å². The molecule has 4 aliphatic carbocycles. The molecule has 128 valence electrons. The van der Waals surface area contributed by atoms with Gasteiger partial charge < -0.3 is 0 Å². The fraction of sp³-hybridized carbons (Fsp3) is 0.304. The van der Waals surface area contributed by atoms with Crippen molar-refractivity contribution in [3.8, 4) is 11.1 Å². The van der Waals surface area contributed by atoms with E-state index in [0.717, 1.165) is 16.8 Å². The number of hydrogen-bond acceptors (Lipinski definition) is 2. The van der Waals surface area contributed by atoms with Crippen LogP contribution in [0.15, 0.2) is 66.7 Å². The molecular formula is C23H19NO2. The van der Waals surface area contributed by atoms with Crippen molar-refractivity contribution in [1.29, 1.82) is 0 Å². The number of carbonyl (C=O) groups excluding carboxylic acids is 2. The van der Waals surface area contributed by atoms with E-state index in [0.29, 0.717) is 11.8 Å². The standard InChI is InChI=1S/C23H19NO2/c25-22-20-15-10-11-16(18-12-17(15)18)21(20)23(26)24(22)19-9-5-4-8-14(19)13-6-2-1-3-7-13/h1-11,15-18,20-21H,12H2/t15-,16+,17-,18-,20+,21-/m1/s1. The summed E-state index contributed by atoms with van der Waals surface area (Å²) in [6, 6.07) is 17.8. The Balaban J connectivity index is 1.47. The number of para-hydroxylation sites is 1. The van der Waals surface area contributed by atoms with Gasteiger partial charge in [-0.05, 0) is 41.7 Å². The van der Waals surface area contributed by atoms with Gasteiger partial charge in [0.05, 0.1) is 17.5 Å². The minimum Gasteiger partial charge on any atom is -0.274 e. The van der Waals surface area contributed by atoms with Crippen LogP contribution in [0.4, 0.5) is 5.69 Å². The maximum absolute atomic E-state index is 13.4. The summed E-state index contributed by atoms with van der Waals surface area (Å²) in [5, 5.41) is 0. The maximum atomic E-state index is 13.4. The van der Waals surface area contributed by atoms with Gasteiger partial charge in [0.1, 0.15) is 0 Å². The number of amides is 2. The van der Waals surface area contributed by atoms with Gasteiger partial charge in [0.15, 0.2) is 0 Å². The topological polar surface area (TPSA) is 37.4 Å². The Bertz CT molecular complexity index is 927. The summed E-state index contributed by atoms with van der Waals surface area (Å²) in [7, 11) is 0. The number of imide groups is 1. The highest BCUT2D eigenvalue weighted by Gasteiger charge is 2.67. The van der Waals surface area contributed by atoms with Crippen molar-refractivity contribution in [2.45, 2.75) is 6.42 Å². The third-order valence-corrected chi connectivity index (χ3v) is 6.89. The van der Waals surface area contributed by atoms with Crippen molar-refractivity contribution in [1.82, 2.24) is 0 Å². The van der Waals surface area contributed by atoms with Gasteiger partial charge >= 0.3 is 0 Å². The molecule has 0 radical (unpaired) electrons. The second-order valence-corrected chi connectivity index (χ2v) is 8.05. The third-order valence-electron chi connectivity index (χ3n) is 6.89. The highest BCUT2D eigenvalue weighted by Crippen LogP contribution is 2.65. The van der Waals surface area contributed by atoms with Crippen LogP contribution in [0.5, 0.6) is 0 Å². The molecule has 6 atom stereocenters. The molecule has 2 aromatic rings. The normalized spacial score (nSPS) is 36.2. The third kappa shape index (κ3) is 1.73. The number of anilines is 1. The molecule has 1 aliphatic heterocycles. The first-order valence-electron chi connectivity index (χ1n) is 9.46. The molecule has 1 saturated heterocycles. The van der Waals surface area contributed by atoms with Crippen LogP contribution < -0.4 is 4.90 Å². The van der Waals surface area contributed by atoms with Crippen molar-refractivity contribution < 1.29 is 9.59 Å². The molecule has 0 N–H and O–H groups in total. The second-order valence-electron chi connectivity index (χ2n) is 8.05. The molecule has 7 rings (SSSR count). The predicted octanol–water partition coefficient (Wildman–Crippen LogP) is 3.91. The van der Waals surface area contributed by atoms with Gasteiger partial charge in [0.2, 0.25) is 11.8 Å². The lowest BCUT2D eigenvalue weighted by Gasteiger charge is -2.37. The second kappa shape index (κ2) is 4.94. The fourth-order valence-corrected chi connectivity index (χ4v) is 5.72. The molecule has 3 fully saturated rings. The smallest absolute Gasteiger partial charge is 0.238 e. The summed E-state index contributed by atoms with van der Waals surface area (Å²) in [5.74, 6) is 1.51. The summed E-state index contributed by atoms with van der Waals surface area (Å²) >= 11 is 0. The predicted molar refractivity (Wildman–Crippen MR) is 99.1 cm³/mol. The van der Waals surface area contributed by atoms with Crippen molar-refractivity contribution >= 4 is 17.5 Å². The first-order chi connectivity index (χ1) is 12.8. The first-order valence-corrected chi connectivity index (χ1v) is 9.46. The van der Waals surface area contributed by atoms with Gasteiger partial charge in [-0.3, -0.25) is 9.59 Å². The number of rotatable bonds is 2. The highest BCUT2D eigenvalue weighted by atomic mass is 16.2. The number of hydrogen-bond donors (Lipinski definition) is 0. The monoisotopic (exact) mass is 341 g/mol. The van der Waals surface area contributed by atoms with E-state index in [-0.39, 0.29) is 35.5 Å². The Hall–Kier alpha value is -2.68. The van der Waals surface area contributed by atoms with E-state index >= 15 is 0 Å². The Morgan fingerprint density at radius 2 is 1.31 bits per heavy atom. The van der Waals surface area contributed by atoms with Crippen LogP contribution in [-0.2, 0) is 9.59 Å². The van der Waals surface area contributed by atoms with Gasteiger partial charge in [-0.1, -0.05) is 60.7 Å². The maximum Gasteiger partial charge on any atom is 0.238 e. The Labute approximate surface area is 152 Å². The summed E-state index contributed by atoms with van der Waals surface area (Å²) in [6.07, 6.45) is 5.63. The van der Waals surface area contributed by atoms with Gasteiger partial charge in [0, 0.05) is 5.56 Å². The van der Waals surface area contributed by atoms with Crippen LogP contribution in [-0.4, -0.2) is 11.8 Å². The molecule has 3 nitrogen and oxygen atoms in total. The molecule has 0 unspecified atom stereocenters. The van der Waals surface area contributed by atoms with Crippen molar-refractivity contribution in [2.75, 3.05) is 4.90 Å². The molecular weight excluding hydrogens is 322 g/mol. The highest BCUT2D eigenvalue weighted by molar-refractivity contribution is 6.24. The number of nitrogens with zero attached hydrogens (tertiary/aromatic N) is 1. The van der Waals surface area contributed by atoms with E-state index in [2.05, 4.69) is 12.2 Å². The first kappa shape index (κ1) is 14.5. The van der Waals surface area contributed by atoms with Gasteiger partial charge in [-0.15, -0.1) is 0 Å². The molecule has 0 aromatic heterocycles. The fourth-order valence-electron chi connectivity index (χ4n) is 5.72. The zero-order valence-corrected chi connectivity index (χ0v) is 14.3. The van der Waals surface area contributed by atoms with Crippen LogP contribution >= 0.6 is 0 Å². The van der Waals surface area contributed by atoms with Crippen LogP contribution in [0, 0.1) is 35.5 Å². The Morgan fingerprint density at radius 1 is 0.731 bits per heavy atom. The molecule has 0 spiro atoms. The van der Waals surface area contributed by atoms with E-state index in [9.17, 15) is 9.59 Å². The van der Waals surface area contributed by atoms with Crippen molar-refractivity contribution in [2.24, 2.45) is 35.5 Å². The van der Waals surface area contributed by atoms with E-state index in [1.807, 2.05) is 54.6 Å². The summed E-state index contributed by atoms with van der Waals surface area (Å²) in [6.45, 7) is 0. The van der Waals surface area contributed by atoms with Gasteiger partial charge in [-0.25, -0.2) is 4.90 Å². The lowest BCUT2D eigenvalue weighted by Crippen LogP contribution is -2.40. The minimum atomic E-state index is -0.148. The molecule has 2 saturated carbocycles. The SMILES string of the molecule is O=C1[C@@H]2[C@H]3C=C[C@H]([C@H]4C[C@H]34)[C@@H]2C(=O)N1c1ccccc1-c1ccccc1. The zero-order valence-electron chi connectivity index (χ0n) is 14.3. The van der Waals surface area contributed by atoms with Gasteiger partial charge in [-0.2, -0.15) is 0 Å². The average Bonchev–Trinajstić information content (AvgIpc) is 3.47. The van der Waals surface area contributed by atoms with Crippen LogP contribution in [0.25, 0.3) is 11.1 Å². The lowest BCUT2D eigenvalue weighted by atomic mass is 9.63. The van der Waals surface area contributed by atoms with Crippen LogP contribution in [0.3, 0.4) is 0 Å². The Kier molecular flexibility index (Phi) is 2.75. The average molecular weight is 341 g/mol. The molecule has 2 aromatic carbocycles. The van der Waals surface area contributed by atoms with Crippen molar-refractivity contribution in [3.05, 3.63) is 66.7 Å². The van der Waals surface area contributed by atoms with Crippen LogP contribution in [0.1, 0.15) is 6.42 Å². The summed E-state index contributed by atoms with van der Waals surface area (Å²) < 4.78 is 0. The van der Waals surface area contributed by atoms with E-state index < -0.39 is 0 Å². The molecule has 3 heteroatoms. The summed E-state index contributed by atoms with van der Waals surface area (Å²) in [4.78, 5) is 28.2. The van der Waals surface area contributed by atoms with E-state index in [1.165, 1.54) is 11.3 Å². The molecule has 2 amide bonds. The number of allylic oxidation sites excluding steroid dienone is 2. The molecule has 1 heterocycles. The lowest BCUT2D eigenvalue weighted by molar-refractivity contribution is -0.124. The largest absolute Gasteiger partial charge is 0.274 e. The molecule has 2 bridgehead atoms. The Morgan fingerprint density at radius 3 is 1.96 bits per heavy atom. The number of carbonyl (C=O) groups is 2. The molecule has 5 aliphatic rings. The number of benzene rings is 2. The van der Waals surface area contributed by atoms with E-state index in [1.54, 1.807) is 0 Å². The zero-order chi connectivity index (χ0) is 17.4. The van der Waals surface area contributed by atoms with Crippen molar-refractivity contribution in [3.63, 3.8) is 0 Å². The summed E-state index contributed by atoms with van der Waals surface area (Å²) in [5.41, 5.74) is 2.71.